The Morgan fingerprint density at radius 3 is 3.00 bits per heavy atom. The third kappa shape index (κ3) is 2.96. The molecule has 1 N–H and O–H groups in total. The van der Waals surface area contributed by atoms with Crippen LogP contribution >= 0.6 is 0 Å². The number of halogens is 1. The van der Waals surface area contributed by atoms with E-state index < -0.39 is 0 Å². The molecule has 1 aromatic rings. The number of hydrogen-bond acceptors (Lipinski definition) is 3. The molecule has 1 saturated heterocycles. The summed E-state index contributed by atoms with van der Waals surface area (Å²) in [6.45, 7) is 5.99. The number of ether oxygens (including phenoxy) is 1. The lowest BCUT2D eigenvalue weighted by Gasteiger charge is -2.33. The molecule has 0 saturated carbocycles. The number of methoxy groups -OCH3 is 1. The number of benzene rings is 1. The maximum atomic E-state index is 13.5. The van der Waals surface area contributed by atoms with E-state index in [1.807, 2.05) is 6.07 Å². The van der Waals surface area contributed by atoms with Gasteiger partial charge in [-0.1, -0.05) is 6.07 Å². The molecule has 0 spiro atoms. The lowest BCUT2D eigenvalue weighted by Crippen LogP contribution is -2.49. The lowest BCUT2D eigenvalue weighted by molar-refractivity contribution is 0.165. The Balaban J connectivity index is 2.05. The second-order valence-corrected chi connectivity index (χ2v) is 4.49. The van der Waals surface area contributed by atoms with Crippen LogP contribution < -0.4 is 10.1 Å². The van der Waals surface area contributed by atoms with Crippen molar-refractivity contribution in [1.29, 1.82) is 0 Å². The SMILES string of the molecule is COc1ccc(CN2CCNC[C@H]2C)cc1F. The van der Waals surface area contributed by atoms with E-state index in [0.717, 1.165) is 31.7 Å². The van der Waals surface area contributed by atoms with Crippen LogP contribution in [0.25, 0.3) is 0 Å². The summed E-state index contributed by atoms with van der Waals surface area (Å²) in [6.07, 6.45) is 0. The van der Waals surface area contributed by atoms with Gasteiger partial charge in [-0.2, -0.15) is 0 Å². The summed E-state index contributed by atoms with van der Waals surface area (Å²) < 4.78 is 18.5. The van der Waals surface area contributed by atoms with E-state index in [4.69, 9.17) is 4.74 Å². The van der Waals surface area contributed by atoms with E-state index in [1.54, 1.807) is 12.1 Å². The van der Waals surface area contributed by atoms with Gasteiger partial charge in [0.15, 0.2) is 11.6 Å². The fourth-order valence-corrected chi connectivity index (χ4v) is 2.16. The fraction of sp³-hybridized carbons (Fsp3) is 0.538. The van der Waals surface area contributed by atoms with E-state index in [0.29, 0.717) is 11.8 Å². The highest BCUT2D eigenvalue weighted by Gasteiger charge is 2.18. The molecule has 0 aliphatic carbocycles. The topological polar surface area (TPSA) is 24.5 Å². The average molecular weight is 238 g/mol. The second kappa shape index (κ2) is 5.47. The van der Waals surface area contributed by atoms with Crippen molar-refractivity contribution < 1.29 is 9.13 Å². The van der Waals surface area contributed by atoms with Gasteiger partial charge >= 0.3 is 0 Å². The first-order valence-corrected chi connectivity index (χ1v) is 5.98. The zero-order chi connectivity index (χ0) is 12.3. The minimum atomic E-state index is -0.284. The molecule has 0 unspecified atom stereocenters. The number of hydrogen-bond donors (Lipinski definition) is 1. The fourth-order valence-electron chi connectivity index (χ4n) is 2.16. The Kier molecular flexibility index (Phi) is 3.97. The second-order valence-electron chi connectivity index (χ2n) is 4.49. The minimum absolute atomic E-state index is 0.284. The van der Waals surface area contributed by atoms with Gasteiger partial charge in [0.05, 0.1) is 7.11 Å². The molecule has 1 heterocycles. The summed E-state index contributed by atoms with van der Waals surface area (Å²) in [4.78, 5) is 2.36. The van der Waals surface area contributed by atoms with Gasteiger partial charge in [0, 0.05) is 32.2 Å². The molecule has 0 aromatic heterocycles. The van der Waals surface area contributed by atoms with Gasteiger partial charge < -0.3 is 10.1 Å². The van der Waals surface area contributed by atoms with Crippen molar-refractivity contribution in [3.8, 4) is 5.75 Å². The van der Waals surface area contributed by atoms with Gasteiger partial charge in [-0.05, 0) is 24.6 Å². The molecule has 2 rings (SSSR count). The van der Waals surface area contributed by atoms with E-state index in [2.05, 4.69) is 17.1 Å². The molecule has 1 atom stereocenters. The highest BCUT2D eigenvalue weighted by Crippen LogP contribution is 2.19. The molecule has 0 radical (unpaired) electrons. The predicted molar refractivity (Wildman–Crippen MR) is 65.7 cm³/mol. The Labute approximate surface area is 102 Å². The highest BCUT2D eigenvalue weighted by atomic mass is 19.1. The Hall–Kier alpha value is -1.13. The van der Waals surface area contributed by atoms with Crippen LogP contribution in [0.4, 0.5) is 4.39 Å². The summed E-state index contributed by atoms with van der Waals surface area (Å²) in [5, 5.41) is 3.34. The molecule has 4 heteroatoms. The van der Waals surface area contributed by atoms with Gasteiger partial charge in [0.2, 0.25) is 0 Å². The first-order valence-electron chi connectivity index (χ1n) is 5.98. The zero-order valence-electron chi connectivity index (χ0n) is 10.4. The molecule has 0 bridgehead atoms. The smallest absolute Gasteiger partial charge is 0.165 e. The van der Waals surface area contributed by atoms with Crippen LogP contribution in [-0.2, 0) is 6.54 Å². The van der Waals surface area contributed by atoms with Crippen LogP contribution in [0.5, 0.6) is 5.75 Å². The maximum absolute atomic E-state index is 13.5. The van der Waals surface area contributed by atoms with Gasteiger partial charge in [0.25, 0.3) is 0 Å². The minimum Gasteiger partial charge on any atom is -0.494 e. The van der Waals surface area contributed by atoms with Crippen molar-refractivity contribution in [2.75, 3.05) is 26.7 Å². The number of rotatable bonds is 3. The summed E-state index contributed by atoms with van der Waals surface area (Å²) in [7, 11) is 1.48. The third-order valence-corrected chi connectivity index (χ3v) is 3.24. The van der Waals surface area contributed by atoms with Crippen molar-refractivity contribution in [3.63, 3.8) is 0 Å². The number of piperazine rings is 1. The summed E-state index contributed by atoms with van der Waals surface area (Å²) >= 11 is 0. The molecular weight excluding hydrogens is 219 g/mol. The predicted octanol–water partition coefficient (Wildman–Crippen LogP) is 1.63. The zero-order valence-corrected chi connectivity index (χ0v) is 10.4. The van der Waals surface area contributed by atoms with Crippen LogP contribution in [0.1, 0.15) is 12.5 Å². The first-order chi connectivity index (χ1) is 8.20. The van der Waals surface area contributed by atoms with Gasteiger partial charge in [0.1, 0.15) is 0 Å². The highest BCUT2D eigenvalue weighted by molar-refractivity contribution is 5.29. The normalized spacial score (nSPS) is 21.5. The number of nitrogens with zero attached hydrogens (tertiary/aromatic N) is 1. The Morgan fingerprint density at radius 2 is 2.35 bits per heavy atom. The molecule has 94 valence electrons. The Bertz CT molecular complexity index is 384. The molecule has 1 aliphatic heterocycles. The first kappa shape index (κ1) is 12.3. The van der Waals surface area contributed by atoms with E-state index in [1.165, 1.54) is 7.11 Å². The van der Waals surface area contributed by atoms with Crippen LogP contribution in [0, 0.1) is 5.82 Å². The average Bonchev–Trinajstić information content (AvgIpc) is 2.32. The van der Waals surface area contributed by atoms with E-state index in [-0.39, 0.29) is 5.82 Å². The van der Waals surface area contributed by atoms with Crippen molar-refractivity contribution in [3.05, 3.63) is 29.6 Å². The maximum Gasteiger partial charge on any atom is 0.165 e. The van der Waals surface area contributed by atoms with Crippen molar-refractivity contribution in [1.82, 2.24) is 10.2 Å². The molecule has 17 heavy (non-hydrogen) atoms. The van der Waals surface area contributed by atoms with Gasteiger partial charge in [-0.3, -0.25) is 4.90 Å². The van der Waals surface area contributed by atoms with Gasteiger partial charge in [-0.15, -0.1) is 0 Å². The van der Waals surface area contributed by atoms with Crippen LogP contribution in [0.2, 0.25) is 0 Å². The quantitative estimate of drug-likeness (QED) is 0.866. The summed E-state index contributed by atoms with van der Waals surface area (Å²) in [6, 6.07) is 5.68. The standard InChI is InChI=1S/C13H19FN2O/c1-10-8-15-5-6-16(10)9-11-3-4-13(17-2)12(14)7-11/h3-4,7,10,15H,5-6,8-9H2,1-2H3/t10-/m1/s1. The molecule has 3 nitrogen and oxygen atoms in total. The lowest BCUT2D eigenvalue weighted by atomic mass is 10.1. The monoisotopic (exact) mass is 238 g/mol. The van der Waals surface area contributed by atoms with Crippen molar-refractivity contribution in [2.24, 2.45) is 0 Å². The van der Waals surface area contributed by atoms with Gasteiger partial charge in [-0.25, -0.2) is 4.39 Å². The largest absolute Gasteiger partial charge is 0.494 e. The van der Waals surface area contributed by atoms with Crippen molar-refractivity contribution >= 4 is 0 Å². The summed E-state index contributed by atoms with van der Waals surface area (Å²) in [5.41, 5.74) is 0.997. The molecule has 1 aromatic carbocycles. The Morgan fingerprint density at radius 1 is 1.53 bits per heavy atom. The molecule has 1 fully saturated rings. The number of nitrogens with one attached hydrogen (secondary N) is 1. The molecule has 0 amide bonds. The van der Waals surface area contributed by atoms with Crippen LogP contribution in [-0.4, -0.2) is 37.7 Å². The van der Waals surface area contributed by atoms with Crippen LogP contribution in [0.3, 0.4) is 0 Å². The van der Waals surface area contributed by atoms with E-state index in [9.17, 15) is 4.39 Å². The molecular formula is C13H19FN2O. The van der Waals surface area contributed by atoms with Crippen molar-refractivity contribution in [2.45, 2.75) is 19.5 Å². The van der Waals surface area contributed by atoms with Crippen LogP contribution in [0.15, 0.2) is 18.2 Å². The molecule has 1 aliphatic rings. The van der Waals surface area contributed by atoms with E-state index >= 15 is 0 Å². The summed E-state index contributed by atoms with van der Waals surface area (Å²) in [5.74, 6) is 0.0231. The third-order valence-electron chi connectivity index (χ3n) is 3.24.